The van der Waals surface area contributed by atoms with Gasteiger partial charge in [0, 0.05) is 6.54 Å². The smallest absolute Gasteiger partial charge is 0.410 e. The molecule has 1 heterocycles. The molecular weight excluding hydrogens is 330 g/mol. The highest BCUT2D eigenvalue weighted by atomic mass is 16.6. The number of esters is 1. The van der Waals surface area contributed by atoms with Crippen molar-refractivity contribution in [2.24, 2.45) is 0 Å². The van der Waals surface area contributed by atoms with Gasteiger partial charge in [0.05, 0.1) is 0 Å². The third kappa shape index (κ3) is 4.85. The maximum Gasteiger partial charge on any atom is 0.410 e. The van der Waals surface area contributed by atoms with Gasteiger partial charge in [-0.15, -0.1) is 0 Å². The lowest BCUT2D eigenvalue weighted by molar-refractivity contribution is -0.152. The molecule has 0 spiro atoms. The average molecular weight is 353 g/mol. The van der Waals surface area contributed by atoms with E-state index in [1.165, 1.54) is 4.90 Å². The number of ether oxygens (including phenoxy) is 2. The van der Waals surface area contributed by atoms with Crippen molar-refractivity contribution in [1.29, 1.82) is 0 Å². The third-order valence-electron chi connectivity index (χ3n) is 4.44. The molecule has 136 valence electrons. The Balaban J connectivity index is 1.56. The molecular formula is C21H23NO4. The summed E-state index contributed by atoms with van der Waals surface area (Å²) in [6, 6.07) is 18.4. The number of benzene rings is 2. The fourth-order valence-corrected chi connectivity index (χ4v) is 3.02. The van der Waals surface area contributed by atoms with Crippen LogP contribution >= 0.6 is 0 Å². The van der Waals surface area contributed by atoms with Gasteiger partial charge < -0.3 is 9.47 Å². The SMILES string of the molecule is O=C(OCc1ccccc1)C1CCCCN1C(=O)OCc1ccccc1. The van der Waals surface area contributed by atoms with Crippen molar-refractivity contribution >= 4 is 12.1 Å². The Bertz CT molecular complexity index is 654. The molecule has 26 heavy (non-hydrogen) atoms. The standard InChI is InChI=1S/C21H23NO4/c23-20(25-15-17-9-3-1-4-10-17)19-13-7-8-14-22(19)21(24)26-16-18-11-5-2-6-12-18/h1-6,9-12,19H,7-8,13-16H2. The zero-order valence-corrected chi connectivity index (χ0v) is 14.7. The van der Waals surface area contributed by atoms with Gasteiger partial charge in [-0.2, -0.15) is 0 Å². The van der Waals surface area contributed by atoms with Gasteiger partial charge in [-0.3, -0.25) is 4.90 Å². The molecule has 2 aromatic carbocycles. The molecule has 1 unspecified atom stereocenters. The number of carbonyl (C=O) groups excluding carboxylic acids is 2. The van der Waals surface area contributed by atoms with E-state index in [0.29, 0.717) is 13.0 Å². The van der Waals surface area contributed by atoms with Crippen molar-refractivity contribution in [2.45, 2.75) is 38.5 Å². The van der Waals surface area contributed by atoms with Crippen LogP contribution in [0.2, 0.25) is 0 Å². The van der Waals surface area contributed by atoms with E-state index in [9.17, 15) is 9.59 Å². The lowest BCUT2D eigenvalue weighted by atomic mass is 10.0. The number of hydrogen-bond donors (Lipinski definition) is 0. The van der Waals surface area contributed by atoms with Crippen molar-refractivity contribution in [3.63, 3.8) is 0 Å². The Kier molecular flexibility index (Phi) is 6.25. The van der Waals surface area contributed by atoms with Crippen LogP contribution in [0.3, 0.4) is 0 Å². The lowest BCUT2D eigenvalue weighted by Crippen LogP contribution is -2.48. The number of rotatable bonds is 5. The first-order valence-corrected chi connectivity index (χ1v) is 8.92. The molecule has 1 aliphatic rings. The molecule has 0 bridgehead atoms. The molecule has 0 N–H and O–H groups in total. The molecule has 1 aliphatic heterocycles. The van der Waals surface area contributed by atoms with E-state index < -0.39 is 12.1 Å². The Morgan fingerprint density at radius 1 is 0.846 bits per heavy atom. The van der Waals surface area contributed by atoms with Crippen molar-refractivity contribution in [3.8, 4) is 0 Å². The fourth-order valence-electron chi connectivity index (χ4n) is 3.02. The van der Waals surface area contributed by atoms with E-state index in [0.717, 1.165) is 24.0 Å². The van der Waals surface area contributed by atoms with E-state index in [-0.39, 0.29) is 19.2 Å². The molecule has 1 amide bonds. The molecule has 1 fully saturated rings. The second-order valence-electron chi connectivity index (χ2n) is 6.34. The Morgan fingerprint density at radius 3 is 2.04 bits per heavy atom. The summed E-state index contributed by atoms with van der Waals surface area (Å²) in [5, 5.41) is 0. The fraction of sp³-hybridized carbons (Fsp3) is 0.333. The highest BCUT2D eigenvalue weighted by Gasteiger charge is 2.34. The monoisotopic (exact) mass is 353 g/mol. The van der Waals surface area contributed by atoms with Crippen LogP contribution in [0.25, 0.3) is 0 Å². The summed E-state index contributed by atoms with van der Waals surface area (Å²) in [6.45, 7) is 0.920. The van der Waals surface area contributed by atoms with Crippen molar-refractivity contribution in [1.82, 2.24) is 4.90 Å². The van der Waals surface area contributed by atoms with Crippen LogP contribution in [0.4, 0.5) is 4.79 Å². The van der Waals surface area contributed by atoms with Crippen molar-refractivity contribution in [3.05, 3.63) is 71.8 Å². The number of likely N-dealkylation sites (tertiary alicyclic amines) is 1. The summed E-state index contributed by atoms with van der Waals surface area (Å²) in [5.74, 6) is -0.370. The molecule has 0 aromatic heterocycles. The van der Waals surface area contributed by atoms with Gasteiger partial charge in [-0.25, -0.2) is 9.59 Å². The first-order valence-electron chi connectivity index (χ1n) is 8.92. The predicted molar refractivity (Wildman–Crippen MR) is 97.2 cm³/mol. The number of piperidine rings is 1. The average Bonchev–Trinajstić information content (AvgIpc) is 2.72. The van der Waals surface area contributed by atoms with Gasteiger partial charge in [0.2, 0.25) is 0 Å². The van der Waals surface area contributed by atoms with E-state index >= 15 is 0 Å². The van der Waals surface area contributed by atoms with Crippen LogP contribution < -0.4 is 0 Å². The molecule has 5 heteroatoms. The van der Waals surface area contributed by atoms with Gasteiger partial charge in [-0.1, -0.05) is 60.7 Å². The molecule has 1 atom stereocenters. The van der Waals surface area contributed by atoms with E-state index in [2.05, 4.69) is 0 Å². The quantitative estimate of drug-likeness (QED) is 0.765. The van der Waals surface area contributed by atoms with Gasteiger partial charge >= 0.3 is 12.1 Å². The summed E-state index contributed by atoms with van der Waals surface area (Å²) in [5.41, 5.74) is 1.84. The molecule has 0 aliphatic carbocycles. The third-order valence-corrected chi connectivity index (χ3v) is 4.44. The predicted octanol–water partition coefficient (Wildman–Crippen LogP) is 3.92. The maximum atomic E-state index is 12.5. The van der Waals surface area contributed by atoms with Crippen LogP contribution in [0.15, 0.2) is 60.7 Å². The molecule has 0 radical (unpaired) electrons. The summed E-state index contributed by atoms with van der Waals surface area (Å²) in [4.78, 5) is 26.4. The highest BCUT2D eigenvalue weighted by molar-refractivity contribution is 5.81. The van der Waals surface area contributed by atoms with Gasteiger partial charge in [-0.05, 0) is 30.4 Å². The van der Waals surface area contributed by atoms with Gasteiger partial charge in [0.15, 0.2) is 0 Å². The van der Waals surface area contributed by atoms with Crippen molar-refractivity contribution < 1.29 is 19.1 Å². The number of amides is 1. The van der Waals surface area contributed by atoms with Crippen LogP contribution in [0.1, 0.15) is 30.4 Å². The van der Waals surface area contributed by atoms with Gasteiger partial charge in [0.1, 0.15) is 19.3 Å². The maximum absolute atomic E-state index is 12.5. The minimum atomic E-state index is -0.573. The van der Waals surface area contributed by atoms with E-state index in [1.807, 2.05) is 60.7 Å². The molecule has 5 nitrogen and oxygen atoms in total. The van der Waals surface area contributed by atoms with Gasteiger partial charge in [0.25, 0.3) is 0 Å². The Labute approximate surface area is 153 Å². The van der Waals surface area contributed by atoms with Crippen LogP contribution in [0.5, 0.6) is 0 Å². The minimum Gasteiger partial charge on any atom is -0.459 e. The van der Waals surface area contributed by atoms with E-state index in [1.54, 1.807) is 0 Å². The largest absolute Gasteiger partial charge is 0.459 e. The summed E-state index contributed by atoms with van der Waals surface area (Å²) in [6.07, 6.45) is 1.90. The lowest BCUT2D eigenvalue weighted by Gasteiger charge is -2.33. The van der Waals surface area contributed by atoms with Crippen molar-refractivity contribution in [2.75, 3.05) is 6.54 Å². The normalized spacial score (nSPS) is 16.8. The van der Waals surface area contributed by atoms with E-state index in [4.69, 9.17) is 9.47 Å². The number of carbonyl (C=O) groups is 2. The van der Waals surface area contributed by atoms with Crippen LogP contribution in [-0.2, 0) is 27.5 Å². The van der Waals surface area contributed by atoms with Crippen LogP contribution in [0, 0.1) is 0 Å². The summed E-state index contributed by atoms with van der Waals surface area (Å²) < 4.78 is 10.8. The first-order chi connectivity index (χ1) is 12.7. The summed E-state index contributed by atoms with van der Waals surface area (Å²) >= 11 is 0. The number of hydrogen-bond acceptors (Lipinski definition) is 4. The summed E-state index contributed by atoms with van der Waals surface area (Å²) in [7, 11) is 0. The second kappa shape index (κ2) is 9.04. The molecule has 0 saturated carbocycles. The zero-order valence-electron chi connectivity index (χ0n) is 14.7. The first kappa shape index (κ1) is 18.0. The molecule has 3 rings (SSSR count). The Hall–Kier alpha value is -2.82. The topological polar surface area (TPSA) is 55.8 Å². The van der Waals surface area contributed by atoms with Crippen LogP contribution in [-0.4, -0.2) is 29.5 Å². The second-order valence-corrected chi connectivity index (χ2v) is 6.34. The number of nitrogens with zero attached hydrogens (tertiary/aromatic N) is 1. The zero-order chi connectivity index (χ0) is 18.2. The molecule has 2 aromatic rings. The minimum absolute atomic E-state index is 0.196. The Morgan fingerprint density at radius 2 is 1.42 bits per heavy atom. The highest BCUT2D eigenvalue weighted by Crippen LogP contribution is 2.20. The molecule has 1 saturated heterocycles.